The second-order valence-electron chi connectivity index (χ2n) is 5.33. The van der Waals surface area contributed by atoms with Crippen LogP contribution < -0.4 is 5.32 Å². The molecule has 0 aliphatic carbocycles. The summed E-state index contributed by atoms with van der Waals surface area (Å²) >= 11 is 6.05. The van der Waals surface area contributed by atoms with E-state index in [1.165, 1.54) is 12.1 Å². The van der Waals surface area contributed by atoms with E-state index >= 15 is 0 Å². The number of halogens is 1. The first kappa shape index (κ1) is 15.6. The van der Waals surface area contributed by atoms with E-state index in [9.17, 15) is 14.9 Å². The highest BCUT2D eigenvalue weighted by molar-refractivity contribution is 6.34. The zero-order chi connectivity index (χ0) is 15.6. The summed E-state index contributed by atoms with van der Waals surface area (Å²) in [7, 11) is 1.56. The van der Waals surface area contributed by atoms with Crippen LogP contribution in [0.3, 0.4) is 0 Å². The summed E-state index contributed by atoms with van der Waals surface area (Å²) in [6.45, 7) is 3.52. The summed E-state index contributed by atoms with van der Waals surface area (Å²) in [4.78, 5) is 24.8. The van der Waals surface area contributed by atoms with Crippen molar-refractivity contribution in [2.75, 3.05) is 25.5 Å². The first-order valence-corrected chi connectivity index (χ1v) is 7.26. The zero-order valence-electron chi connectivity index (χ0n) is 12.1. The monoisotopic (exact) mass is 311 g/mol. The maximum Gasteiger partial charge on any atom is 0.294 e. The Morgan fingerprint density at radius 2 is 2.05 bits per heavy atom. The standard InChI is InChI=1S/C14H18ClN3O3/c1-9-3-5-17(6-4-9)14(19)10-7-11(15)13(16-2)12(8-10)18(20)21/h7-9,16H,3-6H2,1-2H3. The number of amides is 1. The van der Waals surface area contributed by atoms with Gasteiger partial charge < -0.3 is 10.2 Å². The lowest BCUT2D eigenvalue weighted by molar-refractivity contribution is -0.384. The Bertz CT molecular complexity index is 569. The zero-order valence-corrected chi connectivity index (χ0v) is 12.8. The maximum absolute atomic E-state index is 12.5. The number of carbonyl (C=O) groups is 1. The van der Waals surface area contributed by atoms with Gasteiger partial charge >= 0.3 is 0 Å². The van der Waals surface area contributed by atoms with Crippen LogP contribution in [-0.2, 0) is 0 Å². The third kappa shape index (κ3) is 3.26. The number of hydrogen-bond acceptors (Lipinski definition) is 4. The summed E-state index contributed by atoms with van der Waals surface area (Å²) < 4.78 is 0. The van der Waals surface area contributed by atoms with Gasteiger partial charge in [-0.25, -0.2) is 0 Å². The molecule has 0 atom stereocenters. The Kier molecular flexibility index (Phi) is 4.67. The fraction of sp³-hybridized carbons (Fsp3) is 0.500. The van der Waals surface area contributed by atoms with Crippen molar-refractivity contribution in [1.29, 1.82) is 0 Å². The molecule has 21 heavy (non-hydrogen) atoms. The fourth-order valence-corrected chi connectivity index (χ4v) is 2.81. The van der Waals surface area contributed by atoms with Crippen LogP contribution in [0, 0.1) is 16.0 Å². The highest BCUT2D eigenvalue weighted by atomic mass is 35.5. The van der Waals surface area contributed by atoms with E-state index in [2.05, 4.69) is 12.2 Å². The van der Waals surface area contributed by atoms with Crippen molar-refractivity contribution < 1.29 is 9.72 Å². The predicted octanol–water partition coefficient (Wildman–Crippen LogP) is 3.16. The molecule has 1 aliphatic rings. The molecule has 114 valence electrons. The first-order chi connectivity index (χ1) is 9.93. The molecule has 0 spiro atoms. The molecular formula is C14H18ClN3O3. The molecule has 0 radical (unpaired) electrons. The van der Waals surface area contributed by atoms with Crippen LogP contribution in [0.25, 0.3) is 0 Å². The van der Waals surface area contributed by atoms with Crippen molar-refractivity contribution in [3.05, 3.63) is 32.8 Å². The number of nitrogens with zero attached hydrogens (tertiary/aromatic N) is 2. The van der Waals surface area contributed by atoms with E-state index in [0.29, 0.717) is 19.0 Å². The second-order valence-corrected chi connectivity index (χ2v) is 5.74. The molecule has 0 aromatic heterocycles. The fourth-order valence-electron chi connectivity index (χ4n) is 2.50. The van der Waals surface area contributed by atoms with Gasteiger partial charge in [-0.1, -0.05) is 18.5 Å². The topological polar surface area (TPSA) is 75.5 Å². The van der Waals surface area contributed by atoms with Crippen LogP contribution in [0.2, 0.25) is 5.02 Å². The van der Waals surface area contributed by atoms with Gasteiger partial charge in [-0.15, -0.1) is 0 Å². The highest BCUT2D eigenvalue weighted by Crippen LogP contribution is 2.34. The Morgan fingerprint density at radius 3 is 2.57 bits per heavy atom. The molecule has 1 heterocycles. The van der Waals surface area contributed by atoms with Gasteiger partial charge in [0.1, 0.15) is 5.69 Å². The molecule has 1 aliphatic heterocycles. The molecule has 0 saturated carbocycles. The summed E-state index contributed by atoms with van der Waals surface area (Å²) in [5.74, 6) is 0.410. The van der Waals surface area contributed by atoms with Gasteiger partial charge in [0.25, 0.3) is 11.6 Å². The predicted molar refractivity (Wildman–Crippen MR) is 82.0 cm³/mol. The molecule has 1 aromatic carbocycles. The molecule has 7 heteroatoms. The minimum absolute atomic E-state index is 0.181. The number of likely N-dealkylation sites (tertiary alicyclic amines) is 1. The minimum atomic E-state index is -0.535. The number of hydrogen-bond donors (Lipinski definition) is 1. The van der Waals surface area contributed by atoms with E-state index in [0.717, 1.165) is 12.8 Å². The summed E-state index contributed by atoms with van der Waals surface area (Å²) in [5.41, 5.74) is 0.310. The second kappa shape index (κ2) is 6.30. The number of nitro groups is 1. The minimum Gasteiger partial charge on any atom is -0.381 e. The Hall–Kier alpha value is -1.82. The number of anilines is 1. The van der Waals surface area contributed by atoms with Gasteiger partial charge in [0.15, 0.2) is 0 Å². The number of nitro benzene ring substituents is 1. The van der Waals surface area contributed by atoms with E-state index in [1.54, 1.807) is 11.9 Å². The van der Waals surface area contributed by atoms with Gasteiger partial charge in [-0.05, 0) is 24.8 Å². The molecule has 1 amide bonds. The third-order valence-electron chi connectivity index (χ3n) is 3.83. The van der Waals surface area contributed by atoms with E-state index < -0.39 is 4.92 Å². The molecule has 1 N–H and O–H groups in total. The Balaban J connectivity index is 2.31. The molecule has 1 aromatic rings. The maximum atomic E-state index is 12.5. The van der Waals surface area contributed by atoms with Crippen molar-refractivity contribution >= 4 is 28.9 Å². The summed E-state index contributed by atoms with van der Waals surface area (Å²) in [6, 6.07) is 2.78. The Labute approximate surface area is 128 Å². The number of benzene rings is 1. The molecule has 0 bridgehead atoms. The van der Waals surface area contributed by atoms with E-state index in [4.69, 9.17) is 11.6 Å². The number of piperidine rings is 1. The molecule has 6 nitrogen and oxygen atoms in total. The first-order valence-electron chi connectivity index (χ1n) is 6.89. The largest absolute Gasteiger partial charge is 0.381 e. The van der Waals surface area contributed by atoms with Crippen LogP contribution in [0.15, 0.2) is 12.1 Å². The lowest BCUT2D eigenvalue weighted by Gasteiger charge is -2.30. The number of nitrogens with one attached hydrogen (secondary N) is 1. The number of carbonyl (C=O) groups excluding carboxylic acids is 1. The average Bonchev–Trinajstić information content (AvgIpc) is 2.46. The SMILES string of the molecule is CNc1c(Cl)cc(C(=O)N2CCC(C)CC2)cc1[N+](=O)[O-]. The quantitative estimate of drug-likeness (QED) is 0.687. The molecule has 1 saturated heterocycles. The van der Waals surface area contributed by atoms with Gasteiger partial charge in [-0.3, -0.25) is 14.9 Å². The van der Waals surface area contributed by atoms with Crippen LogP contribution >= 0.6 is 11.6 Å². The molecule has 2 rings (SSSR count). The lowest BCUT2D eigenvalue weighted by Crippen LogP contribution is -2.37. The van der Waals surface area contributed by atoms with Crippen LogP contribution in [0.4, 0.5) is 11.4 Å². The lowest BCUT2D eigenvalue weighted by atomic mass is 9.98. The van der Waals surface area contributed by atoms with Crippen molar-refractivity contribution in [2.24, 2.45) is 5.92 Å². The van der Waals surface area contributed by atoms with Crippen molar-refractivity contribution in [3.8, 4) is 0 Å². The number of rotatable bonds is 3. The van der Waals surface area contributed by atoms with Crippen LogP contribution in [0.1, 0.15) is 30.1 Å². The van der Waals surface area contributed by atoms with Gasteiger partial charge in [0.2, 0.25) is 0 Å². The normalized spacial score (nSPS) is 15.9. The van der Waals surface area contributed by atoms with Crippen molar-refractivity contribution in [1.82, 2.24) is 4.90 Å². The highest BCUT2D eigenvalue weighted by Gasteiger charge is 2.25. The smallest absolute Gasteiger partial charge is 0.294 e. The van der Waals surface area contributed by atoms with Crippen LogP contribution in [-0.4, -0.2) is 35.9 Å². The van der Waals surface area contributed by atoms with E-state index in [-0.39, 0.29) is 27.9 Å². The van der Waals surface area contributed by atoms with Crippen molar-refractivity contribution in [2.45, 2.75) is 19.8 Å². The van der Waals surface area contributed by atoms with Crippen LogP contribution in [0.5, 0.6) is 0 Å². The van der Waals surface area contributed by atoms with Gasteiger partial charge in [0, 0.05) is 31.8 Å². The van der Waals surface area contributed by atoms with Gasteiger partial charge in [-0.2, -0.15) is 0 Å². The van der Waals surface area contributed by atoms with E-state index in [1.807, 2.05) is 0 Å². The Morgan fingerprint density at radius 1 is 1.43 bits per heavy atom. The average molecular weight is 312 g/mol. The third-order valence-corrected chi connectivity index (χ3v) is 4.13. The molecule has 1 fully saturated rings. The summed E-state index contributed by atoms with van der Waals surface area (Å²) in [6.07, 6.45) is 1.91. The molecule has 0 unspecified atom stereocenters. The van der Waals surface area contributed by atoms with Crippen molar-refractivity contribution in [3.63, 3.8) is 0 Å². The molecular weight excluding hydrogens is 294 g/mol. The summed E-state index contributed by atoms with van der Waals surface area (Å²) in [5, 5.41) is 14.0. The van der Waals surface area contributed by atoms with Gasteiger partial charge in [0.05, 0.1) is 9.95 Å².